The minimum atomic E-state index is -0.966. The molecule has 0 unspecified atom stereocenters. The molecule has 26 heavy (non-hydrogen) atoms. The van der Waals surface area contributed by atoms with E-state index in [4.69, 9.17) is 15.2 Å². The number of hydrogen-bond acceptors (Lipinski definition) is 5. The van der Waals surface area contributed by atoms with E-state index in [-0.39, 0.29) is 6.61 Å². The van der Waals surface area contributed by atoms with Crippen LogP contribution >= 0.6 is 0 Å². The number of carbonyl (C=O) groups is 2. The van der Waals surface area contributed by atoms with Gasteiger partial charge in [0.2, 0.25) is 0 Å². The highest BCUT2D eigenvalue weighted by molar-refractivity contribution is 5.82. The van der Waals surface area contributed by atoms with Crippen LogP contribution in [0.4, 0.5) is 4.79 Å². The molecule has 0 bridgehead atoms. The zero-order chi connectivity index (χ0) is 18.8. The Labute approximate surface area is 153 Å². The van der Waals surface area contributed by atoms with Crippen LogP contribution in [-0.4, -0.2) is 31.3 Å². The average molecular weight is 356 g/mol. The Hall–Kier alpha value is -2.86. The number of alkyl carbamates (subject to hydrolysis) is 1. The lowest BCUT2D eigenvalue weighted by atomic mass is 10.0. The summed E-state index contributed by atoms with van der Waals surface area (Å²) in [5, 5.41) is 2.51. The van der Waals surface area contributed by atoms with E-state index in [0.717, 1.165) is 11.1 Å². The van der Waals surface area contributed by atoms with Gasteiger partial charge < -0.3 is 20.5 Å². The summed E-state index contributed by atoms with van der Waals surface area (Å²) in [5.74, 6) is -0.595. The quantitative estimate of drug-likeness (QED) is 0.709. The number of methoxy groups -OCH3 is 1. The first-order chi connectivity index (χ1) is 12.6. The third-order valence-corrected chi connectivity index (χ3v) is 3.98. The normalized spacial score (nSPS) is 12.7. The molecule has 0 aliphatic rings. The van der Waals surface area contributed by atoms with E-state index in [2.05, 4.69) is 5.32 Å². The van der Waals surface area contributed by atoms with Crippen LogP contribution in [0.25, 0.3) is 0 Å². The first-order valence-electron chi connectivity index (χ1n) is 8.44. The van der Waals surface area contributed by atoms with Crippen LogP contribution in [0, 0.1) is 0 Å². The third-order valence-electron chi connectivity index (χ3n) is 3.98. The van der Waals surface area contributed by atoms with Gasteiger partial charge in [-0.25, -0.2) is 9.59 Å². The largest absolute Gasteiger partial charge is 0.467 e. The lowest BCUT2D eigenvalue weighted by molar-refractivity contribution is -0.143. The van der Waals surface area contributed by atoms with Gasteiger partial charge in [0.15, 0.2) is 0 Å². The van der Waals surface area contributed by atoms with E-state index in [0.29, 0.717) is 12.8 Å². The topological polar surface area (TPSA) is 90.6 Å². The van der Waals surface area contributed by atoms with Crippen LogP contribution < -0.4 is 11.1 Å². The summed E-state index contributed by atoms with van der Waals surface area (Å²) in [6, 6.07) is 17.5. The number of benzene rings is 2. The van der Waals surface area contributed by atoms with Crippen molar-refractivity contribution >= 4 is 12.1 Å². The number of ether oxygens (including phenoxy) is 2. The minimum absolute atomic E-state index is 0.111. The number of esters is 1. The van der Waals surface area contributed by atoms with Gasteiger partial charge >= 0.3 is 12.1 Å². The molecule has 0 fully saturated rings. The Morgan fingerprint density at radius 3 is 2.15 bits per heavy atom. The minimum Gasteiger partial charge on any atom is -0.467 e. The van der Waals surface area contributed by atoms with Gasteiger partial charge in [0.05, 0.1) is 7.11 Å². The number of carbonyl (C=O) groups excluding carboxylic acids is 2. The molecule has 138 valence electrons. The Bertz CT molecular complexity index is 691. The van der Waals surface area contributed by atoms with Crippen LogP contribution in [0.2, 0.25) is 0 Å². The van der Waals surface area contributed by atoms with Crippen LogP contribution in [0.3, 0.4) is 0 Å². The lowest BCUT2D eigenvalue weighted by Crippen LogP contribution is -2.53. The highest BCUT2D eigenvalue weighted by Crippen LogP contribution is 2.08. The van der Waals surface area contributed by atoms with Crippen molar-refractivity contribution in [3.8, 4) is 0 Å². The van der Waals surface area contributed by atoms with Crippen molar-refractivity contribution in [2.75, 3.05) is 7.11 Å². The molecule has 0 aliphatic carbocycles. The lowest BCUT2D eigenvalue weighted by Gasteiger charge is -2.22. The van der Waals surface area contributed by atoms with Gasteiger partial charge in [-0.3, -0.25) is 0 Å². The van der Waals surface area contributed by atoms with E-state index >= 15 is 0 Å². The number of nitrogens with two attached hydrogens (primary N) is 1. The molecule has 0 aromatic heterocycles. The fraction of sp³-hybridized carbons (Fsp3) is 0.300. The molecule has 0 heterocycles. The molecule has 0 radical (unpaired) electrons. The summed E-state index contributed by atoms with van der Waals surface area (Å²) in [6.07, 6.45) is 0.498. The van der Waals surface area contributed by atoms with Crippen LogP contribution in [-0.2, 0) is 27.3 Å². The number of amides is 1. The molecule has 1 amide bonds. The molecular formula is C20H24N2O4. The highest BCUT2D eigenvalue weighted by Gasteiger charge is 2.28. The Balaban J connectivity index is 1.88. The monoisotopic (exact) mass is 356 g/mol. The zero-order valence-corrected chi connectivity index (χ0v) is 14.8. The number of rotatable bonds is 8. The summed E-state index contributed by atoms with van der Waals surface area (Å²) < 4.78 is 9.91. The van der Waals surface area contributed by atoms with Crippen LogP contribution in [0.5, 0.6) is 0 Å². The van der Waals surface area contributed by atoms with Crippen molar-refractivity contribution in [1.29, 1.82) is 0 Å². The summed E-state index contributed by atoms with van der Waals surface area (Å²) in [6.45, 7) is 0.111. The van der Waals surface area contributed by atoms with Gasteiger partial charge in [-0.1, -0.05) is 60.7 Å². The van der Waals surface area contributed by atoms with Crippen molar-refractivity contribution in [3.63, 3.8) is 0 Å². The predicted octanol–water partition coefficient (Wildman–Crippen LogP) is 2.41. The highest BCUT2D eigenvalue weighted by atomic mass is 16.6. The molecule has 0 aliphatic heterocycles. The second-order valence-electron chi connectivity index (χ2n) is 5.90. The first-order valence-corrected chi connectivity index (χ1v) is 8.44. The fourth-order valence-electron chi connectivity index (χ4n) is 2.50. The van der Waals surface area contributed by atoms with E-state index < -0.39 is 24.1 Å². The zero-order valence-electron chi connectivity index (χ0n) is 14.8. The molecule has 0 spiro atoms. The van der Waals surface area contributed by atoms with Gasteiger partial charge in [-0.2, -0.15) is 0 Å². The van der Waals surface area contributed by atoms with Gasteiger partial charge in [-0.05, 0) is 24.0 Å². The summed E-state index contributed by atoms with van der Waals surface area (Å²) in [5.41, 5.74) is 8.09. The third kappa shape index (κ3) is 6.22. The van der Waals surface area contributed by atoms with Gasteiger partial charge in [0.1, 0.15) is 12.6 Å². The average Bonchev–Trinajstić information content (AvgIpc) is 2.69. The molecule has 3 N–H and O–H groups in total. The molecule has 2 aromatic carbocycles. The summed E-state index contributed by atoms with van der Waals surface area (Å²) >= 11 is 0. The van der Waals surface area contributed by atoms with Crippen molar-refractivity contribution < 1.29 is 19.1 Å². The van der Waals surface area contributed by atoms with E-state index in [1.807, 2.05) is 60.7 Å². The summed E-state index contributed by atoms with van der Waals surface area (Å²) in [7, 11) is 1.26. The van der Waals surface area contributed by atoms with Crippen molar-refractivity contribution in [2.24, 2.45) is 5.73 Å². The Morgan fingerprint density at radius 1 is 1.00 bits per heavy atom. The molecule has 2 aromatic rings. The maximum Gasteiger partial charge on any atom is 0.408 e. The van der Waals surface area contributed by atoms with Crippen LogP contribution in [0.15, 0.2) is 60.7 Å². The van der Waals surface area contributed by atoms with Gasteiger partial charge in [0.25, 0.3) is 0 Å². The molecule has 0 saturated heterocycles. The van der Waals surface area contributed by atoms with E-state index in [1.165, 1.54) is 7.11 Å². The van der Waals surface area contributed by atoms with Crippen LogP contribution in [0.1, 0.15) is 17.5 Å². The molecular weight excluding hydrogens is 332 g/mol. The maximum absolute atomic E-state index is 12.0. The molecule has 6 nitrogen and oxygen atoms in total. The maximum atomic E-state index is 12.0. The predicted molar refractivity (Wildman–Crippen MR) is 98.3 cm³/mol. The molecule has 2 rings (SSSR count). The Morgan fingerprint density at radius 2 is 1.58 bits per heavy atom. The second-order valence-corrected chi connectivity index (χ2v) is 5.90. The number of hydrogen-bond donors (Lipinski definition) is 2. The molecule has 2 atom stereocenters. The first kappa shape index (κ1) is 19.5. The summed E-state index contributed by atoms with van der Waals surface area (Å²) in [4.78, 5) is 24.0. The van der Waals surface area contributed by atoms with Gasteiger partial charge in [-0.15, -0.1) is 0 Å². The SMILES string of the molecule is COC(=O)[C@@H](NC(=O)OCc1ccccc1)[C@H](N)CCc1ccccc1. The standard InChI is InChI=1S/C20H24N2O4/c1-25-19(23)18(17(21)13-12-15-8-4-2-5-9-15)22-20(24)26-14-16-10-6-3-7-11-16/h2-11,17-18H,12-14,21H2,1H3,(H,22,24)/t17-,18+/m1/s1. The van der Waals surface area contributed by atoms with Crippen molar-refractivity contribution in [1.82, 2.24) is 5.32 Å². The van der Waals surface area contributed by atoms with E-state index in [9.17, 15) is 9.59 Å². The second kappa shape index (κ2) is 10.2. The van der Waals surface area contributed by atoms with Crippen molar-refractivity contribution in [2.45, 2.75) is 31.5 Å². The van der Waals surface area contributed by atoms with Gasteiger partial charge in [0, 0.05) is 6.04 Å². The molecule has 6 heteroatoms. The van der Waals surface area contributed by atoms with Crippen molar-refractivity contribution in [3.05, 3.63) is 71.8 Å². The van der Waals surface area contributed by atoms with E-state index in [1.54, 1.807) is 0 Å². The Kier molecular flexibility index (Phi) is 7.64. The number of nitrogens with one attached hydrogen (secondary N) is 1. The fourth-order valence-corrected chi connectivity index (χ4v) is 2.50. The molecule has 0 saturated carbocycles. The number of aryl methyl sites for hydroxylation is 1. The smallest absolute Gasteiger partial charge is 0.408 e.